The van der Waals surface area contributed by atoms with E-state index in [2.05, 4.69) is 0 Å². The average Bonchev–Trinajstić information content (AvgIpc) is 3.04. The molecule has 0 aliphatic carbocycles. The maximum atomic E-state index is 12.8. The summed E-state index contributed by atoms with van der Waals surface area (Å²) in [5.41, 5.74) is 0. The zero-order chi connectivity index (χ0) is 17.7. The molecule has 1 fully saturated rings. The van der Waals surface area contributed by atoms with E-state index in [0.717, 1.165) is 16.2 Å². The van der Waals surface area contributed by atoms with Crippen LogP contribution in [-0.2, 0) is 19.6 Å². The van der Waals surface area contributed by atoms with E-state index in [1.807, 2.05) is 6.92 Å². The summed E-state index contributed by atoms with van der Waals surface area (Å²) >= 11 is 1.01. The Hall–Kier alpha value is -1.49. The number of morpholine rings is 1. The molecule has 1 aromatic heterocycles. The Morgan fingerprint density at radius 2 is 2.04 bits per heavy atom. The first-order valence-corrected chi connectivity index (χ1v) is 9.86. The van der Waals surface area contributed by atoms with Gasteiger partial charge in [-0.25, -0.2) is 8.42 Å². The van der Waals surface area contributed by atoms with E-state index in [-0.39, 0.29) is 29.4 Å². The monoisotopic (exact) mass is 376 g/mol. The van der Waals surface area contributed by atoms with Crippen molar-refractivity contribution in [1.82, 2.24) is 9.21 Å². The van der Waals surface area contributed by atoms with Crippen molar-refractivity contribution in [3.63, 3.8) is 0 Å². The third-order valence-electron chi connectivity index (χ3n) is 3.52. The number of aliphatic carboxylic acids is 1. The molecule has 0 radical (unpaired) electrons. The molecule has 0 atom stereocenters. The molecule has 1 aliphatic heterocycles. The highest BCUT2D eigenvalue weighted by Crippen LogP contribution is 2.27. The van der Waals surface area contributed by atoms with Gasteiger partial charge in [-0.1, -0.05) is 6.92 Å². The van der Waals surface area contributed by atoms with Crippen LogP contribution in [0.4, 0.5) is 0 Å². The van der Waals surface area contributed by atoms with Crippen molar-refractivity contribution < 1.29 is 27.9 Å². The van der Waals surface area contributed by atoms with Gasteiger partial charge in [-0.05, 0) is 17.9 Å². The number of rotatable bonds is 7. The van der Waals surface area contributed by atoms with E-state index < -0.39 is 28.4 Å². The zero-order valence-corrected chi connectivity index (χ0v) is 14.9. The molecule has 0 bridgehead atoms. The third kappa shape index (κ3) is 4.12. The number of sulfonamides is 1. The number of carboxylic acids is 1. The highest BCUT2D eigenvalue weighted by atomic mass is 32.2. The fraction of sp³-hybridized carbons (Fsp3) is 0.571. The van der Waals surface area contributed by atoms with Crippen LogP contribution in [0.2, 0.25) is 0 Å². The lowest BCUT2D eigenvalue weighted by Crippen LogP contribution is -2.41. The van der Waals surface area contributed by atoms with Gasteiger partial charge in [0.05, 0.1) is 13.2 Å². The summed E-state index contributed by atoms with van der Waals surface area (Å²) in [6, 6.07) is 1.40. The summed E-state index contributed by atoms with van der Waals surface area (Å²) < 4.78 is 32.0. The molecule has 10 heteroatoms. The van der Waals surface area contributed by atoms with Crippen molar-refractivity contribution in [2.45, 2.75) is 18.2 Å². The van der Waals surface area contributed by atoms with E-state index in [1.54, 1.807) is 0 Å². The van der Waals surface area contributed by atoms with Crippen LogP contribution in [0.25, 0.3) is 0 Å². The van der Waals surface area contributed by atoms with Gasteiger partial charge < -0.3 is 14.7 Å². The molecule has 1 saturated heterocycles. The molecule has 1 aromatic rings. The van der Waals surface area contributed by atoms with Gasteiger partial charge in [-0.15, -0.1) is 11.3 Å². The van der Waals surface area contributed by atoms with Crippen molar-refractivity contribution in [2.24, 2.45) is 0 Å². The highest BCUT2D eigenvalue weighted by molar-refractivity contribution is 7.89. The smallest absolute Gasteiger partial charge is 0.323 e. The molecule has 1 N–H and O–H groups in total. The average molecular weight is 376 g/mol. The lowest BCUT2D eigenvalue weighted by Gasteiger charge is -2.26. The number of ether oxygens (including phenoxy) is 1. The lowest BCUT2D eigenvalue weighted by atomic mass is 10.3. The number of nitrogens with zero attached hydrogens (tertiary/aromatic N) is 2. The van der Waals surface area contributed by atoms with Crippen LogP contribution >= 0.6 is 11.3 Å². The van der Waals surface area contributed by atoms with Gasteiger partial charge in [-0.2, -0.15) is 4.31 Å². The molecular formula is C14H20N2O6S2. The Balaban J connectivity index is 2.31. The maximum Gasteiger partial charge on any atom is 0.323 e. The van der Waals surface area contributed by atoms with Crippen molar-refractivity contribution >= 4 is 33.2 Å². The molecule has 8 nitrogen and oxygen atoms in total. The first-order valence-electron chi connectivity index (χ1n) is 7.54. The molecule has 0 saturated carbocycles. The topological polar surface area (TPSA) is 104 Å². The summed E-state index contributed by atoms with van der Waals surface area (Å²) in [6.45, 7) is 2.71. The molecule has 24 heavy (non-hydrogen) atoms. The van der Waals surface area contributed by atoms with Gasteiger partial charge >= 0.3 is 5.97 Å². The van der Waals surface area contributed by atoms with Crippen molar-refractivity contribution in [2.75, 3.05) is 39.4 Å². The van der Waals surface area contributed by atoms with Crippen LogP contribution in [0, 0.1) is 0 Å². The van der Waals surface area contributed by atoms with Gasteiger partial charge in [0.1, 0.15) is 16.3 Å². The summed E-state index contributed by atoms with van der Waals surface area (Å²) in [6.07, 6.45) is 0.579. The molecule has 2 heterocycles. The SMILES string of the molecule is CCCN(CC(=O)O)C(=O)c1sccc1S(=O)(=O)N1CCOCC1. The highest BCUT2D eigenvalue weighted by Gasteiger charge is 2.32. The number of amides is 1. The van der Waals surface area contributed by atoms with Gasteiger partial charge in [0.25, 0.3) is 5.91 Å². The normalized spacial score (nSPS) is 16.0. The van der Waals surface area contributed by atoms with E-state index in [9.17, 15) is 18.0 Å². The summed E-state index contributed by atoms with van der Waals surface area (Å²) in [5, 5.41) is 10.5. The molecule has 2 rings (SSSR count). The second-order valence-electron chi connectivity index (χ2n) is 5.25. The Morgan fingerprint density at radius 3 is 2.62 bits per heavy atom. The summed E-state index contributed by atoms with van der Waals surface area (Å²) in [7, 11) is -3.80. The minimum atomic E-state index is -3.80. The number of carbonyl (C=O) groups is 2. The van der Waals surface area contributed by atoms with Gasteiger partial charge in [0, 0.05) is 19.6 Å². The quantitative estimate of drug-likeness (QED) is 0.751. The van der Waals surface area contributed by atoms with Crippen molar-refractivity contribution in [3.8, 4) is 0 Å². The van der Waals surface area contributed by atoms with Crippen LogP contribution in [0.1, 0.15) is 23.0 Å². The fourth-order valence-electron chi connectivity index (χ4n) is 2.41. The second kappa shape index (κ2) is 8.06. The minimum Gasteiger partial charge on any atom is -0.480 e. The Kier molecular flexibility index (Phi) is 6.33. The fourth-order valence-corrected chi connectivity index (χ4v) is 5.18. The number of hydrogen-bond acceptors (Lipinski definition) is 6. The lowest BCUT2D eigenvalue weighted by molar-refractivity contribution is -0.137. The predicted octanol–water partition coefficient (Wildman–Crippen LogP) is 0.706. The maximum absolute atomic E-state index is 12.8. The van der Waals surface area contributed by atoms with E-state index in [1.165, 1.54) is 15.8 Å². The van der Waals surface area contributed by atoms with Gasteiger partial charge in [0.15, 0.2) is 0 Å². The Bertz CT molecular complexity index is 694. The van der Waals surface area contributed by atoms with E-state index >= 15 is 0 Å². The van der Waals surface area contributed by atoms with E-state index in [4.69, 9.17) is 9.84 Å². The standard InChI is InChI=1S/C14H20N2O6S2/c1-2-4-15(10-12(17)18)14(19)13-11(3-9-23-13)24(20,21)16-5-7-22-8-6-16/h3,9H,2,4-8,10H2,1H3,(H,17,18). The molecule has 0 aromatic carbocycles. The first-order chi connectivity index (χ1) is 11.4. The van der Waals surface area contributed by atoms with Crippen LogP contribution < -0.4 is 0 Å². The molecular weight excluding hydrogens is 356 g/mol. The van der Waals surface area contributed by atoms with Crippen LogP contribution in [0.5, 0.6) is 0 Å². The molecule has 0 unspecified atom stereocenters. The van der Waals surface area contributed by atoms with Gasteiger partial charge in [-0.3, -0.25) is 9.59 Å². The third-order valence-corrected chi connectivity index (χ3v) is 6.49. The zero-order valence-electron chi connectivity index (χ0n) is 13.3. The minimum absolute atomic E-state index is 0.0520. The molecule has 1 amide bonds. The Labute approximate surface area is 144 Å². The van der Waals surface area contributed by atoms with Crippen LogP contribution in [-0.4, -0.2) is 74.0 Å². The number of thiophene rings is 1. The number of hydrogen-bond donors (Lipinski definition) is 1. The van der Waals surface area contributed by atoms with E-state index in [0.29, 0.717) is 19.6 Å². The summed E-state index contributed by atoms with van der Waals surface area (Å²) in [4.78, 5) is 24.8. The van der Waals surface area contributed by atoms with Crippen molar-refractivity contribution in [3.05, 3.63) is 16.3 Å². The molecule has 0 spiro atoms. The number of carbonyl (C=O) groups excluding carboxylic acids is 1. The second-order valence-corrected chi connectivity index (χ2v) is 8.07. The predicted molar refractivity (Wildman–Crippen MR) is 87.7 cm³/mol. The van der Waals surface area contributed by atoms with Crippen LogP contribution in [0.3, 0.4) is 0 Å². The molecule has 134 valence electrons. The largest absolute Gasteiger partial charge is 0.480 e. The first kappa shape index (κ1) is 18.8. The Morgan fingerprint density at radius 1 is 1.38 bits per heavy atom. The summed E-state index contributed by atoms with van der Waals surface area (Å²) in [5.74, 6) is -1.70. The van der Waals surface area contributed by atoms with Crippen molar-refractivity contribution in [1.29, 1.82) is 0 Å². The number of carboxylic acid groups (broad SMARTS) is 1. The molecule has 1 aliphatic rings. The van der Waals surface area contributed by atoms with Crippen LogP contribution in [0.15, 0.2) is 16.3 Å². The van der Waals surface area contributed by atoms with Gasteiger partial charge in [0.2, 0.25) is 10.0 Å².